The van der Waals surface area contributed by atoms with Crippen LogP contribution in [0, 0.1) is 0 Å². The first kappa shape index (κ1) is 15.4. The minimum atomic E-state index is -0.186. The van der Waals surface area contributed by atoms with Gasteiger partial charge in [0.2, 0.25) is 0 Å². The van der Waals surface area contributed by atoms with Gasteiger partial charge in [-0.15, -0.1) is 0 Å². The number of halogens is 1. The van der Waals surface area contributed by atoms with E-state index in [2.05, 4.69) is 4.98 Å². The zero-order valence-electron chi connectivity index (χ0n) is 12.0. The molecule has 2 heterocycles. The van der Waals surface area contributed by atoms with Gasteiger partial charge in [-0.1, -0.05) is 11.6 Å². The monoisotopic (exact) mass is 311 g/mol. The topological polar surface area (TPSA) is 82.8 Å². The Morgan fingerprint density at radius 1 is 1.24 bits per heavy atom. The summed E-state index contributed by atoms with van der Waals surface area (Å²) in [5, 5.41) is 0.231. The van der Waals surface area contributed by atoms with E-state index in [0.29, 0.717) is 37.4 Å². The molecule has 1 aromatic rings. The molecule has 8 heteroatoms. The first-order valence-electron chi connectivity index (χ1n) is 6.56. The lowest BCUT2D eigenvalue weighted by Crippen LogP contribution is -2.52. The number of nitrogens with two attached hydrogens (primary N) is 1. The molecule has 0 atom stereocenters. The molecule has 1 aromatic heterocycles. The Hall–Kier alpha value is -2.02. The van der Waals surface area contributed by atoms with Gasteiger partial charge in [0.05, 0.1) is 17.4 Å². The van der Waals surface area contributed by atoms with E-state index in [1.807, 2.05) is 0 Å². The van der Waals surface area contributed by atoms with Gasteiger partial charge in [-0.05, 0) is 6.07 Å². The number of carbonyl (C=O) groups is 2. The number of nitrogens with zero attached hydrogens (tertiary/aromatic N) is 4. The maximum absolute atomic E-state index is 12.4. The Kier molecular flexibility index (Phi) is 4.52. The Bertz CT molecular complexity index is 555. The molecule has 3 amide bonds. The molecule has 0 aromatic carbocycles. The van der Waals surface area contributed by atoms with Gasteiger partial charge < -0.3 is 20.4 Å². The van der Waals surface area contributed by atoms with Gasteiger partial charge in [0.15, 0.2) is 0 Å². The molecule has 0 saturated carbocycles. The van der Waals surface area contributed by atoms with Crippen LogP contribution in [0.25, 0.3) is 0 Å². The predicted octanol–water partition coefficient (Wildman–Crippen LogP) is 0.757. The van der Waals surface area contributed by atoms with Crippen LogP contribution >= 0.6 is 11.6 Å². The van der Waals surface area contributed by atoms with Crippen molar-refractivity contribution in [3.05, 3.63) is 23.0 Å². The molecule has 2 N–H and O–H groups in total. The van der Waals surface area contributed by atoms with E-state index in [1.165, 1.54) is 17.2 Å². The third-order valence-corrected chi connectivity index (χ3v) is 3.56. The van der Waals surface area contributed by atoms with E-state index in [0.717, 1.165) is 0 Å². The van der Waals surface area contributed by atoms with Crippen molar-refractivity contribution >= 4 is 29.2 Å². The molecular formula is C13H18ClN5O2. The van der Waals surface area contributed by atoms with Crippen molar-refractivity contribution in [2.75, 3.05) is 46.0 Å². The van der Waals surface area contributed by atoms with Crippen LogP contribution in [0.15, 0.2) is 12.3 Å². The number of piperazine rings is 1. The third-order valence-electron chi connectivity index (χ3n) is 3.35. The molecule has 21 heavy (non-hydrogen) atoms. The molecule has 0 aliphatic carbocycles. The van der Waals surface area contributed by atoms with Crippen LogP contribution in [0.4, 0.5) is 10.5 Å². The van der Waals surface area contributed by atoms with Crippen LogP contribution in [-0.2, 0) is 0 Å². The fourth-order valence-corrected chi connectivity index (χ4v) is 2.34. The maximum atomic E-state index is 12.4. The lowest BCUT2D eigenvalue weighted by atomic mass is 10.2. The fourth-order valence-electron chi connectivity index (χ4n) is 2.18. The van der Waals surface area contributed by atoms with Crippen LogP contribution in [0.1, 0.15) is 10.4 Å². The zero-order valence-corrected chi connectivity index (χ0v) is 12.8. The van der Waals surface area contributed by atoms with Crippen molar-refractivity contribution in [1.82, 2.24) is 19.7 Å². The molecular weight excluding hydrogens is 294 g/mol. The fraction of sp³-hybridized carbons (Fsp3) is 0.462. The number of hydrogen-bond donors (Lipinski definition) is 1. The van der Waals surface area contributed by atoms with Gasteiger partial charge in [0.25, 0.3) is 5.91 Å². The molecule has 1 fully saturated rings. The molecule has 0 spiro atoms. The molecule has 2 rings (SSSR count). The number of aromatic nitrogens is 1. The highest BCUT2D eigenvalue weighted by atomic mass is 35.5. The Morgan fingerprint density at radius 2 is 1.81 bits per heavy atom. The highest BCUT2D eigenvalue weighted by Crippen LogP contribution is 2.18. The lowest BCUT2D eigenvalue weighted by molar-refractivity contribution is 0.0651. The highest BCUT2D eigenvalue weighted by Gasteiger charge is 2.26. The van der Waals surface area contributed by atoms with Gasteiger partial charge >= 0.3 is 6.03 Å². The van der Waals surface area contributed by atoms with Crippen molar-refractivity contribution in [2.45, 2.75) is 0 Å². The van der Waals surface area contributed by atoms with Gasteiger partial charge in [-0.2, -0.15) is 0 Å². The zero-order chi connectivity index (χ0) is 15.6. The smallest absolute Gasteiger partial charge is 0.319 e. The van der Waals surface area contributed by atoms with Gasteiger partial charge in [-0.25, -0.2) is 9.78 Å². The van der Waals surface area contributed by atoms with E-state index in [1.54, 1.807) is 23.9 Å². The minimum absolute atomic E-state index is 0.0476. The van der Waals surface area contributed by atoms with Crippen molar-refractivity contribution in [3.63, 3.8) is 0 Å². The summed E-state index contributed by atoms with van der Waals surface area (Å²) in [7, 11) is 3.42. The summed E-state index contributed by atoms with van der Waals surface area (Å²) >= 11 is 5.80. The number of anilines is 1. The van der Waals surface area contributed by atoms with Crippen LogP contribution < -0.4 is 5.73 Å². The molecule has 0 bridgehead atoms. The van der Waals surface area contributed by atoms with E-state index < -0.39 is 0 Å². The number of urea groups is 1. The lowest BCUT2D eigenvalue weighted by Gasteiger charge is -2.36. The molecule has 0 unspecified atom stereocenters. The molecule has 0 radical (unpaired) electrons. The SMILES string of the molecule is CN(C)C(=O)N1CCN(C(=O)c2cc(Cl)ncc2N)CC1. The average molecular weight is 312 g/mol. The predicted molar refractivity (Wildman–Crippen MR) is 80.2 cm³/mol. The molecule has 7 nitrogen and oxygen atoms in total. The first-order valence-corrected chi connectivity index (χ1v) is 6.94. The van der Waals surface area contributed by atoms with Crippen molar-refractivity contribution in [2.24, 2.45) is 0 Å². The first-order chi connectivity index (χ1) is 9.90. The maximum Gasteiger partial charge on any atom is 0.319 e. The van der Waals surface area contributed by atoms with Crippen LogP contribution in [0.3, 0.4) is 0 Å². The van der Waals surface area contributed by atoms with E-state index >= 15 is 0 Å². The molecule has 1 aliphatic rings. The number of pyridine rings is 1. The summed E-state index contributed by atoms with van der Waals surface area (Å²) < 4.78 is 0. The number of carbonyl (C=O) groups excluding carboxylic acids is 2. The largest absolute Gasteiger partial charge is 0.397 e. The summed E-state index contributed by atoms with van der Waals surface area (Å²) in [6.45, 7) is 1.94. The molecule has 114 valence electrons. The van der Waals surface area contributed by atoms with Crippen molar-refractivity contribution in [3.8, 4) is 0 Å². The van der Waals surface area contributed by atoms with Gasteiger partial charge in [0, 0.05) is 40.3 Å². The second-order valence-electron chi connectivity index (χ2n) is 5.05. The number of nitrogen functional groups attached to an aromatic ring is 1. The Balaban J connectivity index is 2.03. The number of hydrogen-bond acceptors (Lipinski definition) is 4. The highest BCUT2D eigenvalue weighted by molar-refractivity contribution is 6.29. The van der Waals surface area contributed by atoms with Crippen LogP contribution in [-0.4, -0.2) is 71.9 Å². The quantitative estimate of drug-likeness (QED) is 0.776. The Morgan fingerprint density at radius 3 is 2.38 bits per heavy atom. The number of rotatable bonds is 1. The van der Waals surface area contributed by atoms with Crippen LogP contribution in [0.5, 0.6) is 0 Å². The van der Waals surface area contributed by atoms with E-state index in [4.69, 9.17) is 17.3 Å². The van der Waals surface area contributed by atoms with Crippen LogP contribution in [0.2, 0.25) is 5.15 Å². The summed E-state index contributed by atoms with van der Waals surface area (Å²) in [6, 6.07) is 1.42. The normalized spacial score (nSPS) is 15.0. The van der Waals surface area contributed by atoms with E-state index in [-0.39, 0.29) is 17.1 Å². The standard InChI is InChI=1S/C13H18ClN5O2/c1-17(2)13(21)19-5-3-18(4-6-19)12(20)9-7-11(14)16-8-10(9)15/h7-8H,3-6,15H2,1-2H3. The summed E-state index contributed by atoms with van der Waals surface area (Å²) in [5.74, 6) is -0.186. The van der Waals surface area contributed by atoms with E-state index in [9.17, 15) is 9.59 Å². The number of amides is 3. The third kappa shape index (κ3) is 3.36. The average Bonchev–Trinajstić information content (AvgIpc) is 2.48. The van der Waals surface area contributed by atoms with Gasteiger partial charge in [-0.3, -0.25) is 4.79 Å². The van der Waals surface area contributed by atoms with Crippen molar-refractivity contribution < 1.29 is 9.59 Å². The molecule has 1 aliphatic heterocycles. The second-order valence-corrected chi connectivity index (χ2v) is 5.44. The summed E-state index contributed by atoms with van der Waals surface area (Å²) in [4.78, 5) is 33.0. The second kappa shape index (κ2) is 6.17. The van der Waals surface area contributed by atoms with Gasteiger partial charge in [0.1, 0.15) is 5.15 Å². The minimum Gasteiger partial charge on any atom is -0.397 e. The van der Waals surface area contributed by atoms with Crippen molar-refractivity contribution in [1.29, 1.82) is 0 Å². The summed E-state index contributed by atoms with van der Waals surface area (Å²) in [5.41, 5.74) is 6.42. The summed E-state index contributed by atoms with van der Waals surface area (Å²) in [6.07, 6.45) is 1.38. The Labute approximate surface area is 128 Å². The molecule has 1 saturated heterocycles.